The van der Waals surface area contributed by atoms with Crippen molar-refractivity contribution < 1.29 is 19.5 Å². The second-order valence-electron chi connectivity index (χ2n) is 6.57. The van der Waals surface area contributed by atoms with Crippen LogP contribution in [0.4, 0.5) is 11.4 Å². The van der Waals surface area contributed by atoms with Crippen LogP contribution in [0, 0.1) is 0 Å². The molecule has 1 heterocycles. The highest BCUT2D eigenvalue weighted by molar-refractivity contribution is 5.99. The number of rotatable bonds is 4. The van der Waals surface area contributed by atoms with Crippen molar-refractivity contribution in [3.63, 3.8) is 0 Å². The number of aryl methyl sites for hydroxylation is 1. The van der Waals surface area contributed by atoms with Gasteiger partial charge in [0.15, 0.2) is 0 Å². The molecule has 0 saturated carbocycles. The Morgan fingerprint density at radius 3 is 2.67 bits per heavy atom. The highest BCUT2D eigenvalue weighted by atomic mass is 16.3. The predicted molar refractivity (Wildman–Crippen MR) is 102 cm³/mol. The molecular weight excluding hydrogens is 346 g/mol. The number of phenols is 1. The maximum Gasteiger partial charge on any atom is 0.255 e. The van der Waals surface area contributed by atoms with Gasteiger partial charge >= 0.3 is 0 Å². The summed E-state index contributed by atoms with van der Waals surface area (Å²) in [6.45, 7) is 3.21. The first-order valence-corrected chi connectivity index (χ1v) is 8.67. The van der Waals surface area contributed by atoms with Gasteiger partial charge in [0.25, 0.3) is 5.91 Å². The van der Waals surface area contributed by atoms with Crippen LogP contribution in [0.1, 0.15) is 47.8 Å². The molecule has 3 amide bonds. The average molecular weight is 367 g/mol. The Morgan fingerprint density at radius 1 is 1.15 bits per heavy atom. The van der Waals surface area contributed by atoms with E-state index in [0.29, 0.717) is 18.5 Å². The summed E-state index contributed by atoms with van der Waals surface area (Å²) in [6, 6.07) is 9.67. The standard InChI is InChI=1S/C20H21N3O4/c1-11(13-3-6-17-14(9-13)4-8-19(26)23-17)21-20(27)16-10-15(22-12(2)24)5-7-18(16)25/h3,5-7,9-11,25H,4,8H2,1-2H3,(H,21,27)(H,22,24)(H,23,26)/t11-/m1/s1. The fourth-order valence-corrected chi connectivity index (χ4v) is 3.03. The lowest BCUT2D eigenvalue weighted by Crippen LogP contribution is -2.27. The number of anilines is 2. The number of hydrogen-bond donors (Lipinski definition) is 4. The first kappa shape index (κ1) is 18.4. The van der Waals surface area contributed by atoms with Gasteiger partial charge in [0.1, 0.15) is 5.75 Å². The van der Waals surface area contributed by atoms with Crippen LogP contribution in [-0.4, -0.2) is 22.8 Å². The third-order valence-electron chi connectivity index (χ3n) is 4.43. The molecule has 1 aliphatic rings. The SMILES string of the molecule is CC(=O)Nc1ccc(O)c(C(=O)N[C@H](C)c2ccc3c(c2)CCC(=O)N3)c1. The fraction of sp³-hybridized carbons (Fsp3) is 0.250. The zero-order chi connectivity index (χ0) is 19.6. The molecule has 1 atom stereocenters. The average Bonchev–Trinajstić information content (AvgIpc) is 2.62. The number of aromatic hydroxyl groups is 1. The minimum Gasteiger partial charge on any atom is -0.507 e. The summed E-state index contributed by atoms with van der Waals surface area (Å²) in [6.07, 6.45) is 1.11. The van der Waals surface area contributed by atoms with Gasteiger partial charge in [-0.15, -0.1) is 0 Å². The Morgan fingerprint density at radius 2 is 1.93 bits per heavy atom. The van der Waals surface area contributed by atoms with Crippen molar-refractivity contribution in [2.45, 2.75) is 32.7 Å². The molecule has 140 valence electrons. The smallest absolute Gasteiger partial charge is 0.255 e. The number of phenolic OH excluding ortho intramolecular Hbond substituents is 1. The van der Waals surface area contributed by atoms with Crippen LogP contribution in [0.15, 0.2) is 36.4 Å². The number of hydrogen-bond acceptors (Lipinski definition) is 4. The van der Waals surface area contributed by atoms with Crippen LogP contribution in [0.25, 0.3) is 0 Å². The zero-order valence-corrected chi connectivity index (χ0v) is 15.1. The molecule has 7 nitrogen and oxygen atoms in total. The number of carbonyl (C=O) groups excluding carboxylic acids is 3. The van der Waals surface area contributed by atoms with Crippen LogP contribution in [0.2, 0.25) is 0 Å². The van der Waals surface area contributed by atoms with Crippen molar-refractivity contribution in [1.29, 1.82) is 0 Å². The third-order valence-corrected chi connectivity index (χ3v) is 4.43. The van der Waals surface area contributed by atoms with Gasteiger partial charge in [-0.05, 0) is 48.7 Å². The van der Waals surface area contributed by atoms with Crippen molar-refractivity contribution in [3.05, 3.63) is 53.1 Å². The minimum atomic E-state index is -0.446. The summed E-state index contributed by atoms with van der Waals surface area (Å²) < 4.78 is 0. The summed E-state index contributed by atoms with van der Waals surface area (Å²) in [5.41, 5.74) is 3.24. The second-order valence-corrected chi connectivity index (χ2v) is 6.57. The highest BCUT2D eigenvalue weighted by Crippen LogP contribution is 2.27. The van der Waals surface area contributed by atoms with Crippen molar-refractivity contribution in [1.82, 2.24) is 5.32 Å². The summed E-state index contributed by atoms with van der Waals surface area (Å²) in [7, 11) is 0. The maximum absolute atomic E-state index is 12.6. The van der Waals surface area contributed by atoms with Crippen LogP contribution < -0.4 is 16.0 Å². The molecule has 0 aromatic heterocycles. The van der Waals surface area contributed by atoms with Gasteiger partial charge in [0.2, 0.25) is 11.8 Å². The molecule has 0 aliphatic carbocycles. The van der Waals surface area contributed by atoms with E-state index in [9.17, 15) is 19.5 Å². The maximum atomic E-state index is 12.6. The molecule has 0 spiro atoms. The van der Waals surface area contributed by atoms with Gasteiger partial charge in [-0.25, -0.2) is 0 Å². The quantitative estimate of drug-likeness (QED) is 0.623. The molecule has 0 saturated heterocycles. The van der Waals surface area contributed by atoms with E-state index < -0.39 is 5.91 Å². The molecule has 1 aliphatic heterocycles. The summed E-state index contributed by atoms with van der Waals surface area (Å²) in [4.78, 5) is 35.2. The summed E-state index contributed by atoms with van der Waals surface area (Å²) in [5.74, 6) is -0.868. The molecule has 0 unspecified atom stereocenters. The van der Waals surface area contributed by atoms with Gasteiger partial charge in [-0.1, -0.05) is 12.1 Å². The number of amides is 3. The lowest BCUT2D eigenvalue weighted by molar-refractivity contribution is -0.116. The van der Waals surface area contributed by atoms with Crippen molar-refractivity contribution in [2.24, 2.45) is 0 Å². The number of nitrogens with one attached hydrogen (secondary N) is 3. The Labute approximate surface area is 156 Å². The molecule has 0 fully saturated rings. The van der Waals surface area contributed by atoms with E-state index in [2.05, 4.69) is 16.0 Å². The van der Waals surface area contributed by atoms with Crippen LogP contribution in [-0.2, 0) is 16.0 Å². The molecule has 2 aromatic carbocycles. The first-order chi connectivity index (χ1) is 12.8. The molecular formula is C20H21N3O4. The zero-order valence-electron chi connectivity index (χ0n) is 15.1. The predicted octanol–water partition coefficient (Wildman–Crippen LogP) is 2.73. The molecule has 2 aromatic rings. The Kier molecular flexibility index (Phi) is 5.12. The molecule has 3 rings (SSSR count). The first-order valence-electron chi connectivity index (χ1n) is 8.67. The van der Waals surface area contributed by atoms with E-state index in [1.54, 1.807) is 0 Å². The monoisotopic (exact) mass is 367 g/mol. The van der Waals surface area contributed by atoms with E-state index >= 15 is 0 Å². The second kappa shape index (κ2) is 7.49. The largest absolute Gasteiger partial charge is 0.507 e. The number of carbonyl (C=O) groups is 3. The van der Waals surface area contributed by atoms with E-state index in [1.165, 1.54) is 25.1 Å². The summed E-state index contributed by atoms with van der Waals surface area (Å²) in [5, 5.41) is 18.3. The number of fused-ring (bicyclic) bond motifs is 1. The Balaban J connectivity index is 1.76. The highest BCUT2D eigenvalue weighted by Gasteiger charge is 2.19. The number of benzene rings is 2. The van der Waals surface area contributed by atoms with Gasteiger partial charge in [0, 0.05) is 24.7 Å². The van der Waals surface area contributed by atoms with Crippen LogP contribution >= 0.6 is 0 Å². The Hall–Kier alpha value is -3.35. The van der Waals surface area contributed by atoms with Gasteiger partial charge in [0.05, 0.1) is 11.6 Å². The molecule has 27 heavy (non-hydrogen) atoms. The Bertz CT molecular complexity index is 923. The van der Waals surface area contributed by atoms with E-state index in [4.69, 9.17) is 0 Å². The van der Waals surface area contributed by atoms with Crippen LogP contribution in [0.3, 0.4) is 0 Å². The lowest BCUT2D eigenvalue weighted by Gasteiger charge is -2.20. The van der Waals surface area contributed by atoms with E-state index in [0.717, 1.165) is 16.8 Å². The van der Waals surface area contributed by atoms with Gasteiger partial charge in [-0.2, -0.15) is 0 Å². The molecule has 0 bridgehead atoms. The third kappa shape index (κ3) is 4.25. The minimum absolute atomic E-state index is 0.00567. The molecule has 4 N–H and O–H groups in total. The van der Waals surface area contributed by atoms with E-state index in [1.807, 2.05) is 25.1 Å². The summed E-state index contributed by atoms with van der Waals surface area (Å²) >= 11 is 0. The van der Waals surface area contributed by atoms with Crippen molar-refractivity contribution >= 4 is 29.1 Å². The van der Waals surface area contributed by atoms with Crippen LogP contribution in [0.5, 0.6) is 5.75 Å². The molecule has 7 heteroatoms. The van der Waals surface area contributed by atoms with Gasteiger partial charge in [-0.3, -0.25) is 14.4 Å². The van der Waals surface area contributed by atoms with Crippen molar-refractivity contribution in [2.75, 3.05) is 10.6 Å². The topological polar surface area (TPSA) is 108 Å². The van der Waals surface area contributed by atoms with E-state index in [-0.39, 0.29) is 29.2 Å². The fourth-order valence-electron chi connectivity index (χ4n) is 3.03. The van der Waals surface area contributed by atoms with Crippen molar-refractivity contribution in [3.8, 4) is 5.75 Å². The normalized spacial score (nSPS) is 13.9. The lowest BCUT2D eigenvalue weighted by atomic mass is 9.97. The molecule has 0 radical (unpaired) electrons. The van der Waals surface area contributed by atoms with Gasteiger partial charge < -0.3 is 21.1 Å².